The molecule has 1 heterocycles. The van der Waals surface area contributed by atoms with E-state index in [0.29, 0.717) is 5.69 Å². The maximum absolute atomic E-state index is 12.5. The summed E-state index contributed by atoms with van der Waals surface area (Å²) < 4.78 is 0. The fourth-order valence-electron chi connectivity index (χ4n) is 2.47. The number of carbonyl (C=O) groups is 2. The predicted octanol–water partition coefficient (Wildman–Crippen LogP) is 2.24. The van der Waals surface area contributed by atoms with Crippen molar-refractivity contribution in [2.75, 3.05) is 10.3 Å². The summed E-state index contributed by atoms with van der Waals surface area (Å²) in [5.41, 5.74) is 8.38. The smallest absolute Gasteiger partial charge is 0.253 e. The molecule has 5 heteroatoms. The number of imide groups is 1. The molecule has 0 bridgehead atoms. The highest BCUT2D eigenvalue weighted by atomic mass is 16.2. The minimum Gasteiger partial charge on any atom is -0.321 e. The zero-order valence-corrected chi connectivity index (χ0v) is 12.2. The number of amides is 2. The first-order valence-electron chi connectivity index (χ1n) is 7.15. The number of nitrogens with one attached hydrogen (secondary N) is 2. The number of benzene rings is 2. The number of anilines is 2. The lowest BCUT2D eigenvalue weighted by Crippen LogP contribution is -2.41. The Morgan fingerprint density at radius 3 is 2.55 bits per heavy atom. The molecule has 2 N–H and O–H groups in total. The minimum atomic E-state index is -0.562. The van der Waals surface area contributed by atoms with Gasteiger partial charge in [-0.3, -0.25) is 9.59 Å². The number of aryl methyl sites for hydroxylation is 1. The minimum absolute atomic E-state index is 0.145. The van der Waals surface area contributed by atoms with Crippen molar-refractivity contribution in [2.24, 2.45) is 0 Å². The molecule has 1 aliphatic rings. The molecule has 22 heavy (non-hydrogen) atoms. The van der Waals surface area contributed by atoms with Crippen LogP contribution in [-0.2, 0) is 9.59 Å². The van der Waals surface area contributed by atoms with Crippen LogP contribution in [0.15, 0.2) is 54.6 Å². The molecule has 0 aliphatic carbocycles. The van der Waals surface area contributed by atoms with Gasteiger partial charge in [0.2, 0.25) is 5.91 Å². The van der Waals surface area contributed by atoms with Gasteiger partial charge in [-0.15, -0.1) is 0 Å². The van der Waals surface area contributed by atoms with Crippen LogP contribution in [0.4, 0.5) is 11.4 Å². The van der Waals surface area contributed by atoms with E-state index in [1.165, 1.54) is 4.90 Å². The highest BCUT2D eigenvalue weighted by molar-refractivity contribution is 6.22. The molecule has 2 aromatic carbocycles. The highest BCUT2D eigenvalue weighted by Crippen LogP contribution is 2.23. The van der Waals surface area contributed by atoms with Gasteiger partial charge in [-0.1, -0.05) is 30.3 Å². The van der Waals surface area contributed by atoms with Crippen LogP contribution in [-0.4, -0.2) is 17.9 Å². The van der Waals surface area contributed by atoms with Gasteiger partial charge in [0.25, 0.3) is 5.91 Å². The first kappa shape index (κ1) is 14.3. The lowest BCUT2D eigenvalue weighted by Gasteiger charge is -2.16. The van der Waals surface area contributed by atoms with Crippen LogP contribution >= 0.6 is 0 Å². The van der Waals surface area contributed by atoms with Crippen LogP contribution < -0.4 is 15.8 Å². The van der Waals surface area contributed by atoms with Crippen LogP contribution in [0, 0.1) is 6.92 Å². The van der Waals surface area contributed by atoms with Crippen molar-refractivity contribution in [3.05, 3.63) is 60.2 Å². The summed E-state index contributed by atoms with van der Waals surface area (Å²) in [5, 5.41) is 0. The molecule has 1 unspecified atom stereocenters. The van der Waals surface area contributed by atoms with Crippen LogP contribution in [0.3, 0.4) is 0 Å². The summed E-state index contributed by atoms with van der Waals surface area (Å²) in [5.74, 6) is -0.429. The van der Waals surface area contributed by atoms with Crippen molar-refractivity contribution in [1.82, 2.24) is 5.43 Å². The van der Waals surface area contributed by atoms with Gasteiger partial charge in [-0.2, -0.15) is 0 Å². The zero-order chi connectivity index (χ0) is 15.5. The van der Waals surface area contributed by atoms with E-state index in [0.717, 1.165) is 11.3 Å². The van der Waals surface area contributed by atoms with E-state index in [9.17, 15) is 9.59 Å². The highest BCUT2D eigenvalue weighted by Gasteiger charge is 2.39. The van der Waals surface area contributed by atoms with Gasteiger partial charge in [0.15, 0.2) is 0 Å². The maximum Gasteiger partial charge on any atom is 0.253 e. The van der Waals surface area contributed by atoms with Crippen molar-refractivity contribution < 1.29 is 9.59 Å². The standard InChI is InChI=1S/C17H17N3O2/c1-12-6-5-9-14(10-12)20-16(21)11-15(17(20)22)19-18-13-7-3-2-4-8-13/h2-10,15,18-19H,11H2,1H3. The topological polar surface area (TPSA) is 61.4 Å². The van der Waals surface area contributed by atoms with Gasteiger partial charge in [-0.25, -0.2) is 10.3 Å². The first-order chi connectivity index (χ1) is 10.6. The monoisotopic (exact) mass is 295 g/mol. The Kier molecular flexibility index (Phi) is 3.89. The average Bonchev–Trinajstić information content (AvgIpc) is 2.80. The Hall–Kier alpha value is -2.66. The molecule has 1 fully saturated rings. The molecular weight excluding hydrogens is 278 g/mol. The lowest BCUT2D eigenvalue weighted by atomic mass is 10.2. The van der Waals surface area contributed by atoms with Crippen molar-refractivity contribution in [3.8, 4) is 0 Å². The van der Waals surface area contributed by atoms with Crippen molar-refractivity contribution in [2.45, 2.75) is 19.4 Å². The Balaban J connectivity index is 1.71. The second-order valence-electron chi connectivity index (χ2n) is 5.30. The van der Waals surface area contributed by atoms with Crippen LogP contribution in [0.1, 0.15) is 12.0 Å². The number of nitrogens with zero attached hydrogens (tertiary/aromatic N) is 1. The Bertz CT molecular complexity index is 700. The molecule has 1 atom stereocenters. The summed E-state index contributed by atoms with van der Waals surface area (Å²) >= 11 is 0. The third-order valence-corrected chi connectivity index (χ3v) is 3.57. The number of hydrazine groups is 1. The molecule has 2 amide bonds. The van der Waals surface area contributed by atoms with E-state index in [-0.39, 0.29) is 18.2 Å². The SMILES string of the molecule is Cc1cccc(N2C(=O)CC(NNc3ccccc3)C2=O)c1. The summed E-state index contributed by atoms with van der Waals surface area (Å²) in [6.07, 6.45) is 0.145. The van der Waals surface area contributed by atoms with Gasteiger partial charge in [0, 0.05) is 5.69 Å². The van der Waals surface area contributed by atoms with Crippen LogP contribution in [0.2, 0.25) is 0 Å². The van der Waals surface area contributed by atoms with Crippen LogP contribution in [0.25, 0.3) is 0 Å². The second-order valence-corrected chi connectivity index (χ2v) is 5.30. The summed E-state index contributed by atoms with van der Waals surface area (Å²) in [7, 11) is 0. The summed E-state index contributed by atoms with van der Waals surface area (Å²) in [6, 6.07) is 16.3. The molecule has 0 saturated carbocycles. The van der Waals surface area contributed by atoms with E-state index in [1.807, 2.05) is 55.5 Å². The van der Waals surface area contributed by atoms with Gasteiger partial charge in [0.1, 0.15) is 6.04 Å². The van der Waals surface area contributed by atoms with Gasteiger partial charge in [0.05, 0.1) is 12.1 Å². The lowest BCUT2D eigenvalue weighted by molar-refractivity contribution is -0.121. The molecule has 5 nitrogen and oxygen atoms in total. The Labute approximate surface area is 128 Å². The predicted molar refractivity (Wildman–Crippen MR) is 85.3 cm³/mol. The summed E-state index contributed by atoms with van der Waals surface area (Å²) in [4.78, 5) is 25.9. The van der Waals surface area contributed by atoms with Crippen LogP contribution in [0.5, 0.6) is 0 Å². The molecule has 3 rings (SSSR count). The Morgan fingerprint density at radius 1 is 1.05 bits per heavy atom. The number of hydrogen-bond donors (Lipinski definition) is 2. The second kappa shape index (κ2) is 5.99. The third-order valence-electron chi connectivity index (χ3n) is 3.57. The fraction of sp³-hybridized carbons (Fsp3) is 0.176. The van der Waals surface area contributed by atoms with E-state index in [1.54, 1.807) is 6.07 Å². The molecule has 0 radical (unpaired) electrons. The number of para-hydroxylation sites is 1. The number of hydrogen-bond acceptors (Lipinski definition) is 4. The molecular formula is C17H17N3O2. The third kappa shape index (κ3) is 2.84. The van der Waals surface area contributed by atoms with E-state index >= 15 is 0 Å². The molecule has 1 saturated heterocycles. The zero-order valence-electron chi connectivity index (χ0n) is 12.2. The largest absolute Gasteiger partial charge is 0.321 e. The van der Waals surface area contributed by atoms with Gasteiger partial charge in [-0.05, 0) is 36.8 Å². The Morgan fingerprint density at radius 2 is 1.82 bits per heavy atom. The van der Waals surface area contributed by atoms with Crippen molar-refractivity contribution in [3.63, 3.8) is 0 Å². The normalized spacial score (nSPS) is 17.9. The molecule has 0 aromatic heterocycles. The maximum atomic E-state index is 12.5. The number of carbonyl (C=O) groups excluding carboxylic acids is 2. The molecule has 112 valence electrons. The first-order valence-corrected chi connectivity index (χ1v) is 7.15. The molecule has 0 spiro atoms. The molecule has 2 aromatic rings. The van der Waals surface area contributed by atoms with E-state index in [4.69, 9.17) is 0 Å². The average molecular weight is 295 g/mol. The van der Waals surface area contributed by atoms with E-state index in [2.05, 4.69) is 10.9 Å². The fourth-order valence-corrected chi connectivity index (χ4v) is 2.47. The van der Waals surface area contributed by atoms with Gasteiger partial charge >= 0.3 is 0 Å². The number of rotatable bonds is 4. The quantitative estimate of drug-likeness (QED) is 0.671. The van der Waals surface area contributed by atoms with Crippen molar-refractivity contribution in [1.29, 1.82) is 0 Å². The van der Waals surface area contributed by atoms with Gasteiger partial charge < -0.3 is 5.43 Å². The van der Waals surface area contributed by atoms with Crippen molar-refractivity contribution >= 4 is 23.2 Å². The summed E-state index contributed by atoms with van der Waals surface area (Å²) in [6.45, 7) is 1.93. The molecule has 1 aliphatic heterocycles. The van der Waals surface area contributed by atoms with E-state index < -0.39 is 6.04 Å².